The minimum atomic E-state index is -4.55. The number of carbonyl (C=O) groups excluding carboxylic acids is 2. The van der Waals surface area contributed by atoms with Crippen molar-refractivity contribution in [2.24, 2.45) is 0 Å². The standard InChI is InChI=1S/C18H16ClF3N4O2S/c19-13-6-4-10(5-7-13)9-23-16(28)14-17(29-26-25-14)24-15(27)11-2-1-3-12(8-11)18(20,21)22/h1-8,14,17,25-26H,9H2,(H,23,28)(H,24,27). The van der Waals surface area contributed by atoms with E-state index in [0.29, 0.717) is 5.02 Å². The molecule has 1 saturated heterocycles. The molecule has 2 amide bonds. The first-order valence-electron chi connectivity index (χ1n) is 8.40. The number of benzene rings is 2. The van der Waals surface area contributed by atoms with Crippen LogP contribution < -0.4 is 20.9 Å². The normalized spacial score (nSPS) is 19.0. The molecule has 1 aliphatic heterocycles. The van der Waals surface area contributed by atoms with E-state index in [2.05, 4.69) is 20.9 Å². The van der Waals surface area contributed by atoms with Crippen LogP contribution in [-0.2, 0) is 17.5 Å². The summed E-state index contributed by atoms with van der Waals surface area (Å²) in [5, 5.41) is 5.16. The van der Waals surface area contributed by atoms with Crippen LogP contribution in [-0.4, -0.2) is 23.2 Å². The van der Waals surface area contributed by atoms with Crippen molar-refractivity contribution in [3.8, 4) is 0 Å². The first kappa shape index (κ1) is 21.4. The molecular formula is C18H16ClF3N4O2S. The van der Waals surface area contributed by atoms with Gasteiger partial charge in [-0.1, -0.05) is 29.8 Å². The van der Waals surface area contributed by atoms with Crippen molar-refractivity contribution in [3.63, 3.8) is 0 Å². The van der Waals surface area contributed by atoms with Crippen molar-refractivity contribution in [2.45, 2.75) is 24.1 Å². The fourth-order valence-electron chi connectivity index (χ4n) is 2.57. The predicted molar refractivity (Wildman–Crippen MR) is 104 cm³/mol. The number of carbonyl (C=O) groups is 2. The van der Waals surface area contributed by atoms with E-state index in [9.17, 15) is 22.8 Å². The van der Waals surface area contributed by atoms with Crippen molar-refractivity contribution in [1.82, 2.24) is 20.9 Å². The van der Waals surface area contributed by atoms with Crippen LogP contribution in [0.15, 0.2) is 48.5 Å². The van der Waals surface area contributed by atoms with Gasteiger partial charge < -0.3 is 10.6 Å². The van der Waals surface area contributed by atoms with Crippen LogP contribution in [0.25, 0.3) is 0 Å². The Kier molecular flexibility index (Phi) is 6.68. The van der Waals surface area contributed by atoms with Gasteiger partial charge in [-0.25, -0.2) is 5.43 Å². The number of hydrogen-bond acceptors (Lipinski definition) is 5. The first-order chi connectivity index (χ1) is 13.7. The van der Waals surface area contributed by atoms with Gasteiger partial charge in [0.15, 0.2) is 0 Å². The molecule has 6 nitrogen and oxygen atoms in total. The van der Waals surface area contributed by atoms with Crippen molar-refractivity contribution < 1.29 is 22.8 Å². The molecule has 1 fully saturated rings. The van der Waals surface area contributed by atoms with Crippen LogP contribution in [0.4, 0.5) is 13.2 Å². The van der Waals surface area contributed by atoms with E-state index >= 15 is 0 Å². The summed E-state index contributed by atoms with van der Waals surface area (Å²) in [4.78, 5) is 27.5. The van der Waals surface area contributed by atoms with Crippen LogP contribution >= 0.6 is 23.5 Å². The molecule has 4 N–H and O–H groups in total. The van der Waals surface area contributed by atoms with Crippen LogP contribution in [0.1, 0.15) is 21.5 Å². The lowest BCUT2D eigenvalue weighted by molar-refractivity contribution is -0.137. The highest BCUT2D eigenvalue weighted by Crippen LogP contribution is 2.29. The summed E-state index contributed by atoms with van der Waals surface area (Å²) in [6, 6.07) is 10.2. The van der Waals surface area contributed by atoms with Crippen molar-refractivity contribution in [2.75, 3.05) is 0 Å². The van der Waals surface area contributed by atoms with Gasteiger partial charge in [-0.05, 0) is 47.8 Å². The number of halogens is 4. The summed E-state index contributed by atoms with van der Waals surface area (Å²) in [6.07, 6.45) is -4.55. The monoisotopic (exact) mass is 444 g/mol. The molecule has 11 heteroatoms. The second-order valence-electron chi connectivity index (χ2n) is 6.16. The van der Waals surface area contributed by atoms with E-state index in [1.807, 2.05) is 0 Å². The molecule has 0 bridgehead atoms. The molecule has 0 radical (unpaired) electrons. The van der Waals surface area contributed by atoms with E-state index in [0.717, 1.165) is 35.7 Å². The Bertz CT molecular complexity index is 895. The van der Waals surface area contributed by atoms with E-state index in [-0.39, 0.29) is 18.0 Å². The highest BCUT2D eigenvalue weighted by Gasteiger charge is 2.36. The van der Waals surface area contributed by atoms with Gasteiger partial charge in [-0.15, -0.1) is 0 Å². The first-order valence-corrected chi connectivity index (χ1v) is 9.66. The zero-order valence-corrected chi connectivity index (χ0v) is 16.3. The molecule has 0 aliphatic carbocycles. The summed E-state index contributed by atoms with van der Waals surface area (Å²) in [6.45, 7) is 0.257. The average Bonchev–Trinajstić information content (AvgIpc) is 3.15. The molecular weight excluding hydrogens is 429 g/mol. The Morgan fingerprint density at radius 3 is 2.55 bits per heavy atom. The summed E-state index contributed by atoms with van der Waals surface area (Å²) in [5.74, 6) is -1.10. The zero-order chi connectivity index (χ0) is 21.0. The van der Waals surface area contributed by atoms with Gasteiger partial charge in [0.05, 0.1) is 5.56 Å². The lowest BCUT2D eigenvalue weighted by Gasteiger charge is -2.18. The third-order valence-corrected chi connectivity index (χ3v) is 5.22. The molecule has 0 aromatic heterocycles. The van der Waals surface area contributed by atoms with Gasteiger partial charge in [0.25, 0.3) is 5.91 Å². The Hall–Kier alpha value is -2.27. The number of amides is 2. The lowest BCUT2D eigenvalue weighted by Crippen LogP contribution is -2.52. The molecule has 2 atom stereocenters. The maximum Gasteiger partial charge on any atom is 0.416 e. The maximum absolute atomic E-state index is 12.8. The van der Waals surface area contributed by atoms with E-state index in [4.69, 9.17) is 11.6 Å². The van der Waals surface area contributed by atoms with Gasteiger partial charge in [-0.3, -0.25) is 9.59 Å². The predicted octanol–water partition coefficient (Wildman–Crippen LogP) is 2.86. The quantitative estimate of drug-likeness (QED) is 0.533. The highest BCUT2D eigenvalue weighted by molar-refractivity contribution is 7.98. The maximum atomic E-state index is 12.8. The van der Waals surface area contributed by atoms with E-state index < -0.39 is 29.1 Å². The second kappa shape index (κ2) is 9.04. The van der Waals surface area contributed by atoms with Gasteiger partial charge in [0.2, 0.25) is 5.91 Å². The minimum Gasteiger partial charge on any atom is -0.351 e. The van der Waals surface area contributed by atoms with Crippen LogP contribution in [0.5, 0.6) is 0 Å². The van der Waals surface area contributed by atoms with Gasteiger partial charge in [-0.2, -0.15) is 18.0 Å². The largest absolute Gasteiger partial charge is 0.416 e. The van der Waals surface area contributed by atoms with Gasteiger partial charge in [0, 0.05) is 17.1 Å². The summed E-state index contributed by atoms with van der Waals surface area (Å²) < 4.78 is 38.5. The topological polar surface area (TPSA) is 82.3 Å². The molecule has 0 saturated carbocycles. The van der Waals surface area contributed by atoms with E-state index in [1.54, 1.807) is 24.3 Å². The van der Waals surface area contributed by atoms with Gasteiger partial charge >= 0.3 is 6.18 Å². The Labute approximate surface area is 173 Å². The number of hydrazine groups is 1. The zero-order valence-electron chi connectivity index (χ0n) is 14.7. The molecule has 1 heterocycles. The molecule has 1 aliphatic rings. The fourth-order valence-corrected chi connectivity index (χ4v) is 3.51. The molecule has 2 unspecified atom stereocenters. The number of alkyl halides is 3. The van der Waals surface area contributed by atoms with Crippen molar-refractivity contribution >= 4 is 35.4 Å². The molecule has 29 heavy (non-hydrogen) atoms. The highest BCUT2D eigenvalue weighted by atomic mass is 35.5. The Morgan fingerprint density at radius 2 is 1.86 bits per heavy atom. The van der Waals surface area contributed by atoms with Crippen molar-refractivity contribution in [1.29, 1.82) is 0 Å². The third kappa shape index (κ3) is 5.63. The molecule has 2 aromatic rings. The molecule has 3 rings (SSSR count). The summed E-state index contributed by atoms with van der Waals surface area (Å²) >= 11 is 6.86. The molecule has 154 valence electrons. The van der Waals surface area contributed by atoms with Crippen molar-refractivity contribution in [3.05, 3.63) is 70.2 Å². The lowest BCUT2D eigenvalue weighted by atomic mass is 10.1. The number of nitrogens with one attached hydrogen (secondary N) is 4. The molecule has 0 spiro atoms. The second-order valence-corrected chi connectivity index (χ2v) is 7.54. The van der Waals surface area contributed by atoms with E-state index in [1.165, 1.54) is 6.07 Å². The fraction of sp³-hybridized carbons (Fsp3) is 0.222. The smallest absolute Gasteiger partial charge is 0.351 e. The Morgan fingerprint density at radius 1 is 1.14 bits per heavy atom. The van der Waals surface area contributed by atoms with Crippen LogP contribution in [0, 0.1) is 0 Å². The minimum absolute atomic E-state index is 0.146. The molecule has 2 aromatic carbocycles. The van der Waals surface area contributed by atoms with Crippen LogP contribution in [0.3, 0.4) is 0 Å². The Balaban J connectivity index is 1.61. The number of rotatable bonds is 5. The summed E-state index contributed by atoms with van der Waals surface area (Å²) in [7, 11) is 0. The number of hydrogen-bond donors (Lipinski definition) is 4. The SMILES string of the molecule is O=C(NC1SNNC1C(=O)NCc1ccc(Cl)cc1)c1cccc(C(F)(F)F)c1. The average molecular weight is 445 g/mol. The van der Waals surface area contributed by atoms with Crippen LogP contribution in [0.2, 0.25) is 5.02 Å². The third-order valence-electron chi connectivity index (χ3n) is 4.09. The summed E-state index contributed by atoms with van der Waals surface area (Å²) in [5.41, 5.74) is 2.50. The van der Waals surface area contributed by atoms with Gasteiger partial charge in [0.1, 0.15) is 11.4 Å².